The second kappa shape index (κ2) is 7.89. The van der Waals surface area contributed by atoms with E-state index in [1.807, 2.05) is 5.43 Å². The Labute approximate surface area is 146 Å². The average Bonchev–Trinajstić information content (AvgIpc) is 3.06. The highest BCUT2D eigenvalue weighted by Gasteiger charge is 2.42. The smallest absolute Gasteiger partial charge is 0.454 e. The van der Waals surface area contributed by atoms with E-state index in [0.717, 1.165) is 0 Å². The lowest BCUT2D eigenvalue weighted by Crippen LogP contribution is -2.44. The predicted molar refractivity (Wildman–Crippen MR) is 84.8 cm³/mol. The topological polar surface area (TPSA) is 96.5 Å². The largest absolute Gasteiger partial charge is 0.495 e. The number of Topliss-reactive ketones (excluding diaryl/α,β-unsaturated/α-hetero) is 1. The number of ether oxygens (including phenoxy) is 1. The lowest BCUT2D eigenvalue weighted by atomic mass is 10.1. The number of nitrogens with one attached hydrogen (secondary N) is 3. The highest BCUT2D eigenvalue weighted by atomic mass is 19.4. The Morgan fingerprint density at radius 1 is 1.08 bits per heavy atom. The summed E-state index contributed by atoms with van der Waals surface area (Å²) < 4.78 is 42.6. The summed E-state index contributed by atoms with van der Waals surface area (Å²) in [4.78, 5) is 35.0. The van der Waals surface area contributed by atoms with Gasteiger partial charge in [-0.3, -0.25) is 19.8 Å². The van der Waals surface area contributed by atoms with Gasteiger partial charge in [-0.15, -0.1) is 0 Å². The molecule has 1 aromatic rings. The van der Waals surface area contributed by atoms with Crippen LogP contribution >= 0.6 is 0 Å². The molecule has 140 valence electrons. The van der Waals surface area contributed by atoms with E-state index in [1.54, 1.807) is 18.2 Å². The van der Waals surface area contributed by atoms with Gasteiger partial charge in [0.2, 0.25) is 0 Å². The molecule has 1 aromatic carbocycles. The second-order valence-corrected chi connectivity index (χ2v) is 5.37. The second-order valence-electron chi connectivity index (χ2n) is 5.37. The van der Waals surface area contributed by atoms with E-state index in [-0.39, 0.29) is 24.2 Å². The van der Waals surface area contributed by atoms with Gasteiger partial charge in [0.1, 0.15) is 5.75 Å². The Bertz CT molecular complexity index is 759. The maximum Gasteiger partial charge on any atom is 0.454 e. The van der Waals surface area contributed by atoms with E-state index >= 15 is 0 Å². The lowest BCUT2D eigenvalue weighted by molar-refractivity contribution is -0.166. The van der Waals surface area contributed by atoms with Crippen LogP contribution in [0.15, 0.2) is 35.5 Å². The van der Waals surface area contributed by atoms with Crippen LogP contribution in [0.25, 0.3) is 0 Å². The van der Waals surface area contributed by atoms with Crippen molar-refractivity contribution < 1.29 is 32.3 Å². The molecule has 1 aliphatic carbocycles. The fourth-order valence-corrected chi connectivity index (χ4v) is 2.42. The zero-order valence-corrected chi connectivity index (χ0v) is 13.7. The third-order valence-corrected chi connectivity index (χ3v) is 3.64. The van der Waals surface area contributed by atoms with Crippen molar-refractivity contribution in [3.8, 4) is 5.75 Å². The Morgan fingerprint density at radius 2 is 1.77 bits per heavy atom. The van der Waals surface area contributed by atoms with Crippen LogP contribution in [0.5, 0.6) is 5.75 Å². The van der Waals surface area contributed by atoms with Crippen LogP contribution in [0.4, 0.5) is 18.9 Å². The molecule has 7 nitrogen and oxygen atoms in total. The van der Waals surface area contributed by atoms with Crippen LogP contribution in [0, 0.1) is 0 Å². The van der Waals surface area contributed by atoms with Gasteiger partial charge in [0.15, 0.2) is 0 Å². The number of allylic oxidation sites excluding steroid dienone is 2. The summed E-state index contributed by atoms with van der Waals surface area (Å²) >= 11 is 0. The Morgan fingerprint density at radius 3 is 2.42 bits per heavy atom. The summed E-state index contributed by atoms with van der Waals surface area (Å²) in [5, 5.41) is 2.32. The number of rotatable bonds is 5. The van der Waals surface area contributed by atoms with E-state index in [2.05, 4.69) is 10.7 Å². The zero-order chi connectivity index (χ0) is 19.3. The van der Waals surface area contributed by atoms with Crippen LogP contribution in [0.3, 0.4) is 0 Å². The summed E-state index contributed by atoms with van der Waals surface area (Å²) in [7, 11) is 1.39. The van der Waals surface area contributed by atoms with Gasteiger partial charge in [-0.2, -0.15) is 13.2 Å². The zero-order valence-electron chi connectivity index (χ0n) is 13.7. The summed E-state index contributed by atoms with van der Waals surface area (Å²) in [6.07, 6.45) is -4.55. The molecule has 0 spiro atoms. The fraction of sp³-hybridized carbons (Fsp3) is 0.312. The first kappa shape index (κ1) is 19.3. The van der Waals surface area contributed by atoms with Crippen molar-refractivity contribution in [2.24, 2.45) is 0 Å². The molecule has 3 N–H and O–H groups in total. The maximum absolute atomic E-state index is 12.5. The Kier molecular flexibility index (Phi) is 5.86. The first-order valence-corrected chi connectivity index (χ1v) is 7.58. The third kappa shape index (κ3) is 4.52. The molecule has 0 unspecified atom stereocenters. The normalized spacial score (nSPS) is 14.0. The number of anilines is 1. The van der Waals surface area contributed by atoms with Crippen molar-refractivity contribution in [1.29, 1.82) is 0 Å². The SMILES string of the molecule is COc1ccccc1NC(=O)C(=O)NNC1=C(C(=O)C(F)(F)F)CCC1. The van der Waals surface area contributed by atoms with Crippen molar-refractivity contribution in [2.45, 2.75) is 25.4 Å². The molecule has 0 saturated carbocycles. The van der Waals surface area contributed by atoms with Gasteiger partial charge in [-0.25, -0.2) is 0 Å². The van der Waals surface area contributed by atoms with Crippen LogP contribution in [0.1, 0.15) is 19.3 Å². The number of amides is 2. The van der Waals surface area contributed by atoms with Gasteiger partial charge in [0, 0.05) is 11.3 Å². The molecule has 0 aliphatic heterocycles. The minimum absolute atomic E-state index is 0.0502. The number of benzene rings is 1. The number of hydrogen-bond acceptors (Lipinski definition) is 5. The first-order valence-electron chi connectivity index (χ1n) is 7.58. The fourth-order valence-electron chi connectivity index (χ4n) is 2.42. The highest BCUT2D eigenvalue weighted by Crippen LogP contribution is 2.30. The maximum atomic E-state index is 12.5. The minimum Gasteiger partial charge on any atom is -0.495 e. The number of alkyl halides is 3. The molecule has 10 heteroatoms. The number of carbonyl (C=O) groups excluding carboxylic acids is 3. The molecule has 0 heterocycles. The van der Waals surface area contributed by atoms with E-state index in [9.17, 15) is 27.6 Å². The summed E-state index contributed by atoms with van der Waals surface area (Å²) in [6, 6.07) is 6.37. The number of hydrogen-bond donors (Lipinski definition) is 3. The van der Waals surface area contributed by atoms with Crippen LogP contribution in [-0.4, -0.2) is 30.9 Å². The van der Waals surface area contributed by atoms with Gasteiger partial charge >= 0.3 is 18.0 Å². The van der Waals surface area contributed by atoms with Crippen molar-refractivity contribution in [3.05, 3.63) is 35.5 Å². The van der Waals surface area contributed by atoms with Crippen molar-refractivity contribution >= 4 is 23.3 Å². The molecule has 0 fully saturated rings. The standard InChI is InChI=1S/C16H16F3N3O4/c1-26-12-8-3-2-6-11(12)20-14(24)15(25)22-21-10-7-4-5-9(10)13(23)16(17,18)19/h2-3,6,8,21H,4-5,7H2,1H3,(H,20,24)(H,22,25). The number of ketones is 1. The van der Waals surface area contributed by atoms with Gasteiger partial charge < -0.3 is 15.5 Å². The molecule has 1 aliphatic rings. The van der Waals surface area contributed by atoms with Crippen LogP contribution < -0.4 is 20.9 Å². The van der Waals surface area contributed by atoms with Gasteiger partial charge in [-0.05, 0) is 31.4 Å². The van der Waals surface area contributed by atoms with Gasteiger partial charge in [0.05, 0.1) is 12.8 Å². The molecule has 0 radical (unpaired) electrons. The number of halogens is 3. The molecular formula is C16H16F3N3O4. The van der Waals surface area contributed by atoms with Crippen molar-refractivity contribution in [2.75, 3.05) is 12.4 Å². The van der Waals surface area contributed by atoms with Gasteiger partial charge in [0.25, 0.3) is 5.78 Å². The molecule has 2 rings (SSSR count). The quantitative estimate of drug-likeness (QED) is 0.542. The Hall–Kier alpha value is -3.04. The molecule has 0 aromatic heterocycles. The van der Waals surface area contributed by atoms with Gasteiger partial charge in [-0.1, -0.05) is 12.1 Å². The number of methoxy groups -OCH3 is 1. The number of hydrazine groups is 1. The Balaban J connectivity index is 1.99. The number of carbonyl (C=O) groups is 3. The predicted octanol–water partition coefficient (Wildman–Crippen LogP) is 1.82. The molecule has 2 amide bonds. The molecule has 0 bridgehead atoms. The average molecular weight is 371 g/mol. The summed E-state index contributed by atoms with van der Waals surface area (Å²) in [5.74, 6) is -3.80. The van der Waals surface area contributed by atoms with E-state index in [0.29, 0.717) is 12.2 Å². The van der Waals surface area contributed by atoms with Crippen LogP contribution in [-0.2, 0) is 14.4 Å². The highest BCUT2D eigenvalue weighted by molar-refractivity contribution is 6.39. The molecular weight excluding hydrogens is 355 g/mol. The molecule has 0 atom stereocenters. The monoisotopic (exact) mass is 371 g/mol. The van der Waals surface area contributed by atoms with E-state index < -0.39 is 29.3 Å². The lowest BCUT2D eigenvalue weighted by Gasteiger charge is -2.13. The first-order chi connectivity index (χ1) is 12.2. The molecule has 0 saturated heterocycles. The van der Waals surface area contributed by atoms with Crippen molar-refractivity contribution in [1.82, 2.24) is 10.9 Å². The summed E-state index contributed by atoms with van der Waals surface area (Å²) in [6.45, 7) is 0. The summed E-state index contributed by atoms with van der Waals surface area (Å²) in [5.41, 5.74) is 4.01. The van der Waals surface area contributed by atoms with Crippen molar-refractivity contribution in [3.63, 3.8) is 0 Å². The van der Waals surface area contributed by atoms with E-state index in [4.69, 9.17) is 4.74 Å². The van der Waals surface area contributed by atoms with Crippen LogP contribution in [0.2, 0.25) is 0 Å². The molecule has 26 heavy (non-hydrogen) atoms. The number of para-hydroxylation sites is 2. The van der Waals surface area contributed by atoms with E-state index in [1.165, 1.54) is 13.2 Å². The minimum atomic E-state index is -4.99. The third-order valence-electron chi connectivity index (χ3n) is 3.64.